The molecule has 1 aromatic heterocycles. The molecule has 2 rings (SSSR count). The molecule has 0 spiro atoms. The Labute approximate surface area is 140 Å². The third kappa shape index (κ3) is 4.56. The molecule has 0 aromatic carbocycles. The second-order valence-electron chi connectivity index (χ2n) is 6.42. The Bertz CT molecular complexity index is 619. The number of H-pyrrole nitrogens is 1. The van der Waals surface area contributed by atoms with E-state index in [2.05, 4.69) is 20.8 Å². The molecule has 132 valence electrons. The Kier molecular flexibility index (Phi) is 5.94. The lowest BCUT2D eigenvalue weighted by Gasteiger charge is -2.22. The van der Waals surface area contributed by atoms with Gasteiger partial charge in [-0.1, -0.05) is 19.3 Å². The van der Waals surface area contributed by atoms with Gasteiger partial charge in [0.15, 0.2) is 5.69 Å². The summed E-state index contributed by atoms with van der Waals surface area (Å²) in [5, 5.41) is 11.7. The van der Waals surface area contributed by atoms with E-state index in [-0.39, 0.29) is 17.3 Å². The van der Waals surface area contributed by atoms with Crippen molar-refractivity contribution < 1.29 is 14.4 Å². The summed E-state index contributed by atoms with van der Waals surface area (Å²) in [5.41, 5.74) is 5.97. The van der Waals surface area contributed by atoms with Crippen LogP contribution in [0.4, 0.5) is 5.69 Å². The van der Waals surface area contributed by atoms with E-state index >= 15 is 0 Å². The fourth-order valence-electron chi connectivity index (χ4n) is 3.01. The lowest BCUT2D eigenvalue weighted by Crippen LogP contribution is -2.42. The third-order valence-corrected chi connectivity index (χ3v) is 4.40. The number of hydrogen-bond donors (Lipinski definition) is 4. The number of primary amides is 1. The molecule has 0 saturated heterocycles. The summed E-state index contributed by atoms with van der Waals surface area (Å²) in [6.07, 6.45) is 6.18. The molecule has 1 aliphatic rings. The van der Waals surface area contributed by atoms with Gasteiger partial charge in [-0.2, -0.15) is 5.10 Å². The van der Waals surface area contributed by atoms with E-state index in [1.54, 1.807) is 13.8 Å². The van der Waals surface area contributed by atoms with Crippen LogP contribution < -0.4 is 16.4 Å². The maximum atomic E-state index is 12.2. The van der Waals surface area contributed by atoms with Gasteiger partial charge in [0, 0.05) is 6.42 Å². The standard InChI is InChI=1S/C16H25N5O3/c1-9-13(14(15(17)23)21-20-9)19-16(24)10(2)18-12(22)8-11-6-4-3-5-7-11/h10-11H,3-8H2,1-2H3,(H2,17,23)(H,18,22)(H,19,24)(H,20,21)/t10-/m1/s1. The number of carbonyl (C=O) groups excluding carboxylic acids is 3. The summed E-state index contributed by atoms with van der Waals surface area (Å²) < 4.78 is 0. The quantitative estimate of drug-likeness (QED) is 0.623. The van der Waals surface area contributed by atoms with Gasteiger partial charge in [-0.25, -0.2) is 0 Å². The van der Waals surface area contributed by atoms with Crippen molar-refractivity contribution in [2.45, 2.75) is 58.4 Å². The number of anilines is 1. The Morgan fingerprint density at radius 1 is 1.29 bits per heavy atom. The van der Waals surface area contributed by atoms with Crippen molar-refractivity contribution in [2.75, 3.05) is 5.32 Å². The number of nitrogens with one attached hydrogen (secondary N) is 3. The van der Waals surface area contributed by atoms with Crippen LogP contribution in [0.3, 0.4) is 0 Å². The van der Waals surface area contributed by atoms with E-state index in [9.17, 15) is 14.4 Å². The lowest BCUT2D eigenvalue weighted by molar-refractivity contribution is -0.127. The summed E-state index contributed by atoms with van der Waals surface area (Å²) in [6.45, 7) is 3.27. The second kappa shape index (κ2) is 7.94. The maximum absolute atomic E-state index is 12.2. The largest absolute Gasteiger partial charge is 0.364 e. The molecular formula is C16H25N5O3. The third-order valence-electron chi connectivity index (χ3n) is 4.40. The number of aromatic nitrogens is 2. The molecule has 1 heterocycles. The van der Waals surface area contributed by atoms with E-state index in [0.29, 0.717) is 18.0 Å². The van der Waals surface area contributed by atoms with Gasteiger partial charge < -0.3 is 16.4 Å². The van der Waals surface area contributed by atoms with Crippen LogP contribution in [-0.2, 0) is 9.59 Å². The molecular weight excluding hydrogens is 310 g/mol. The molecule has 5 N–H and O–H groups in total. The SMILES string of the molecule is Cc1[nH]nc(C(N)=O)c1NC(=O)[C@@H](C)NC(=O)CC1CCCCC1. The van der Waals surface area contributed by atoms with E-state index in [1.807, 2.05) is 0 Å². The zero-order chi connectivity index (χ0) is 17.7. The first-order valence-corrected chi connectivity index (χ1v) is 8.33. The molecule has 0 radical (unpaired) electrons. The van der Waals surface area contributed by atoms with Crippen molar-refractivity contribution in [2.24, 2.45) is 11.7 Å². The number of carbonyl (C=O) groups is 3. The lowest BCUT2D eigenvalue weighted by atomic mass is 9.87. The minimum Gasteiger partial charge on any atom is -0.364 e. The van der Waals surface area contributed by atoms with Gasteiger partial charge in [0.25, 0.3) is 5.91 Å². The van der Waals surface area contributed by atoms with Crippen molar-refractivity contribution in [3.8, 4) is 0 Å². The summed E-state index contributed by atoms with van der Waals surface area (Å²) in [4.78, 5) is 35.6. The molecule has 8 heteroatoms. The fourth-order valence-corrected chi connectivity index (χ4v) is 3.01. The zero-order valence-electron chi connectivity index (χ0n) is 14.1. The molecule has 8 nitrogen and oxygen atoms in total. The highest BCUT2D eigenvalue weighted by Crippen LogP contribution is 2.26. The van der Waals surface area contributed by atoms with Gasteiger partial charge in [-0.3, -0.25) is 19.5 Å². The average molecular weight is 335 g/mol. The number of rotatable bonds is 6. The predicted molar refractivity (Wildman–Crippen MR) is 89.3 cm³/mol. The minimum atomic E-state index is -0.733. The first-order chi connectivity index (χ1) is 11.4. The number of aryl methyl sites for hydroxylation is 1. The van der Waals surface area contributed by atoms with Gasteiger partial charge in [-0.15, -0.1) is 0 Å². The zero-order valence-corrected chi connectivity index (χ0v) is 14.1. The van der Waals surface area contributed by atoms with Gasteiger partial charge in [0.1, 0.15) is 6.04 Å². The minimum absolute atomic E-state index is 0.0263. The predicted octanol–water partition coefficient (Wildman–Crippen LogP) is 1.23. The first-order valence-electron chi connectivity index (χ1n) is 8.33. The van der Waals surface area contributed by atoms with Crippen LogP contribution in [-0.4, -0.2) is 34.0 Å². The highest BCUT2D eigenvalue weighted by Gasteiger charge is 2.23. The van der Waals surface area contributed by atoms with Gasteiger partial charge in [-0.05, 0) is 32.6 Å². The van der Waals surface area contributed by atoms with Crippen molar-refractivity contribution in [3.63, 3.8) is 0 Å². The van der Waals surface area contributed by atoms with Crippen LogP contribution in [0.5, 0.6) is 0 Å². The molecule has 1 aromatic rings. The number of hydrogen-bond acceptors (Lipinski definition) is 4. The topological polar surface area (TPSA) is 130 Å². The average Bonchev–Trinajstić information content (AvgIpc) is 2.89. The molecule has 1 aliphatic carbocycles. The molecule has 0 aliphatic heterocycles. The molecule has 24 heavy (non-hydrogen) atoms. The van der Waals surface area contributed by atoms with Crippen molar-refractivity contribution in [1.82, 2.24) is 15.5 Å². The molecule has 1 atom stereocenters. The highest BCUT2D eigenvalue weighted by atomic mass is 16.2. The van der Waals surface area contributed by atoms with Crippen LogP contribution in [0.15, 0.2) is 0 Å². The second-order valence-corrected chi connectivity index (χ2v) is 6.42. The smallest absolute Gasteiger partial charge is 0.271 e. The van der Waals surface area contributed by atoms with Gasteiger partial charge in [0.2, 0.25) is 11.8 Å². The normalized spacial score (nSPS) is 16.4. The molecule has 1 fully saturated rings. The van der Waals surface area contributed by atoms with Crippen LogP contribution in [0.25, 0.3) is 0 Å². The van der Waals surface area contributed by atoms with Crippen LogP contribution in [0.2, 0.25) is 0 Å². The van der Waals surface area contributed by atoms with E-state index in [0.717, 1.165) is 12.8 Å². The van der Waals surface area contributed by atoms with Crippen molar-refractivity contribution in [3.05, 3.63) is 11.4 Å². The number of nitrogens with two attached hydrogens (primary N) is 1. The number of aromatic amines is 1. The van der Waals surface area contributed by atoms with E-state index < -0.39 is 17.9 Å². The summed E-state index contributed by atoms with van der Waals surface area (Å²) in [7, 11) is 0. The van der Waals surface area contributed by atoms with Crippen LogP contribution in [0.1, 0.15) is 61.6 Å². The highest BCUT2D eigenvalue weighted by molar-refractivity contribution is 6.04. The van der Waals surface area contributed by atoms with Gasteiger partial charge in [0.05, 0.1) is 11.4 Å². The number of amides is 3. The molecule has 0 bridgehead atoms. The summed E-state index contributed by atoms with van der Waals surface area (Å²) in [5.74, 6) is -0.863. The van der Waals surface area contributed by atoms with Crippen LogP contribution in [0, 0.1) is 12.8 Å². The summed E-state index contributed by atoms with van der Waals surface area (Å²) in [6, 6.07) is -0.712. The monoisotopic (exact) mass is 335 g/mol. The fraction of sp³-hybridized carbons (Fsp3) is 0.625. The molecule has 1 saturated carbocycles. The summed E-state index contributed by atoms with van der Waals surface area (Å²) >= 11 is 0. The molecule has 0 unspecified atom stereocenters. The number of nitrogens with zero attached hydrogens (tertiary/aromatic N) is 1. The first kappa shape index (κ1) is 18.0. The Balaban J connectivity index is 1.89. The van der Waals surface area contributed by atoms with Crippen molar-refractivity contribution >= 4 is 23.4 Å². The van der Waals surface area contributed by atoms with E-state index in [1.165, 1.54) is 19.3 Å². The molecule has 3 amide bonds. The Morgan fingerprint density at radius 3 is 2.58 bits per heavy atom. The van der Waals surface area contributed by atoms with Gasteiger partial charge >= 0.3 is 0 Å². The maximum Gasteiger partial charge on any atom is 0.271 e. The Morgan fingerprint density at radius 2 is 1.96 bits per heavy atom. The Hall–Kier alpha value is -2.38. The van der Waals surface area contributed by atoms with E-state index in [4.69, 9.17) is 5.73 Å². The van der Waals surface area contributed by atoms with Crippen molar-refractivity contribution in [1.29, 1.82) is 0 Å². The van der Waals surface area contributed by atoms with Crippen LogP contribution >= 0.6 is 0 Å².